The van der Waals surface area contributed by atoms with Crippen molar-refractivity contribution in [3.05, 3.63) is 16.1 Å². The molecule has 2 nitrogen and oxygen atoms in total. The fraction of sp³-hybridized carbons (Fsp3) is 0.556. The van der Waals surface area contributed by atoms with Crippen molar-refractivity contribution in [2.24, 2.45) is 0 Å². The van der Waals surface area contributed by atoms with Gasteiger partial charge in [-0.1, -0.05) is 6.92 Å². The molecule has 0 aromatic carbocycles. The van der Waals surface area contributed by atoms with Gasteiger partial charge in [-0.05, 0) is 20.3 Å². The Bertz CT molecular complexity index is 307. The molecule has 0 aliphatic heterocycles. The van der Waals surface area contributed by atoms with Crippen LogP contribution in [-0.2, 0) is 11.8 Å². The number of aryl methyl sites for hydroxylation is 1. The molecule has 1 heterocycles. The summed E-state index contributed by atoms with van der Waals surface area (Å²) in [6.45, 7) is 5.88. The summed E-state index contributed by atoms with van der Waals surface area (Å²) in [6, 6.07) is 2.24. The molecular formula is C9H12N2S. The van der Waals surface area contributed by atoms with E-state index < -0.39 is 5.41 Å². The summed E-state index contributed by atoms with van der Waals surface area (Å²) < 4.78 is 0. The molecule has 0 atom stereocenters. The Balaban J connectivity index is 2.98. The van der Waals surface area contributed by atoms with E-state index in [1.165, 1.54) is 4.88 Å². The highest BCUT2D eigenvalue weighted by molar-refractivity contribution is 7.11. The van der Waals surface area contributed by atoms with Crippen LogP contribution in [0.2, 0.25) is 0 Å². The van der Waals surface area contributed by atoms with Gasteiger partial charge in [-0.25, -0.2) is 4.98 Å². The van der Waals surface area contributed by atoms with Crippen LogP contribution in [-0.4, -0.2) is 4.98 Å². The predicted molar refractivity (Wildman–Crippen MR) is 50.1 cm³/mol. The molecular weight excluding hydrogens is 168 g/mol. The minimum Gasteiger partial charge on any atom is -0.248 e. The van der Waals surface area contributed by atoms with Gasteiger partial charge in [0.15, 0.2) is 0 Å². The molecule has 0 aliphatic rings. The van der Waals surface area contributed by atoms with Crippen molar-refractivity contribution in [1.29, 1.82) is 5.26 Å². The van der Waals surface area contributed by atoms with E-state index in [0.717, 1.165) is 11.4 Å². The fourth-order valence-corrected chi connectivity index (χ4v) is 1.71. The Morgan fingerprint density at radius 3 is 2.75 bits per heavy atom. The van der Waals surface area contributed by atoms with Gasteiger partial charge in [-0.3, -0.25) is 0 Å². The van der Waals surface area contributed by atoms with Crippen molar-refractivity contribution in [2.45, 2.75) is 32.6 Å². The smallest absolute Gasteiger partial charge is 0.113 e. The van der Waals surface area contributed by atoms with E-state index in [9.17, 15) is 0 Å². The largest absolute Gasteiger partial charge is 0.248 e. The van der Waals surface area contributed by atoms with Crippen LogP contribution in [0.25, 0.3) is 0 Å². The van der Waals surface area contributed by atoms with Gasteiger partial charge >= 0.3 is 0 Å². The number of thiazole rings is 1. The van der Waals surface area contributed by atoms with E-state index in [2.05, 4.69) is 18.0 Å². The van der Waals surface area contributed by atoms with Crippen LogP contribution >= 0.6 is 11.3 Å². The first-order valence-electron chi connectivity index (χ1n) is 3.96. The normalized spacial score (nSPS) is 11.2. The highest BCUT2D eigenvalue weighted by atomic mass is 32.1. The van der Waals surface area contributed by atoms with Crippen molar-refractivity contribution in [2.75, 3.05) is 0 Å². The number of rotatable bonds is 2. The molecule has 64 valence electrons. The number of hydrogen-bond acceptors (Lipinski definition) is 3. The van der Waals surface area contributed by atoms with Gasteiger partial charge in [-0.2, -0.15) is 5.26 Å². The molecule has 0 fully saturated rings. The van der Waals surface area contributed by atoms with Crippen LogP contribution in [0.4, 0.5) is 0 Å². The molecule has 0 amide bonds. The zero-order chi connectivity index (χ0) is 9.19. The first kappa shape index (κ1) is 9.21. The van der Waals surface area contributed by atoms with Gasteiger partial charge < -0.3 is 0 Å². The van der Waals surface area contributed by atoms with E-state index in [-0.39, 0.29) is 0 Å². The van der Waals surface area contributed by atoms with Gasteiger partial charge in [-0.15, -0.1) is 11.3 Å². The third-order valence-electron chi connectivity index (χ3n) is 1.72. The van der Waals surface area contributed by atoms with Crippen molar-refractivity contribution in [3.8, 4) is 6.07 Å². The maximum Gasteiger partial charge on any atom is 0.113 e. The number of aromatic nitrogens is 1. The summed E-state index contributed by atoms with van der Waals surface area (Å²) in [5.74, 6) is 0. The zero-order valence-electron chi connectivity index (χ0n) is 7.59. The van der Waals surface area contributed by atoms with Crippen LogP contribution < -0.4 is 0 Å². The molecule has 0 unspecified atom stereocenters. The molecule has 0 spiro atoms. The lowest BCUT2D eigenvalue weighted by atomic mass is 9.97. The maximum atomic E-state index is 8.85. The Hall–Kier alpha value is -0.880. The standard InChI is InChI=1S/C9H12N2S/c1-4-7-5-11-8(12-7)9(2,3)6-10/h5H,4H2,1-3H3. The average molecular weight is 180 g/mol. The van der Waals surface area contributed by atoms with Crippen LogP contribution in [0.1, 0.15) is 30.7 Å². The molecule has 12 heavy (non-hydrogen) atoms. The molecule has 0 saturated heterocycles. The summed E-state index contributed by atoms with van der Waals surface area (Å²) in [5, 5.41) is 9.76. The van der Waals surface area contributed by atoms with Crippen molar-refractivity contribution in [3.63, 3.8) is 0 Å². The Labute approximate surface area is 76.9 Å². The molecule has 3 heteroatoms. The second-order valence-electron chi connectivity index (χ2n) is 3.22. The average Bonchev–Trinajstić information content (AvgIpc) is 2.52. The van der Waals surface area contributed by atoms with Gasteiger partial charge in [0, 0.05) is 11.1 Å². The maximum absolute atomic E-state index is 8.85. The summed E-state index contributed by atoms with van der Waals surface area (Å²) >= 11 is 1.63. The lowest BCUT2D eigenvalue weighted by molar-refractivity contribution is 0.680. The molecule has 1 aromatic heterocycles. The van der Waals surface area contributed by atoms with E-state index >= 15 is 0 Å². The molecule has 1 aromatic rings. The zero-order valence-corrected chi connectivity index (χ0v) is 8.40. The second kappa shape index (κ2) is 3.24. The lowest BCUT2D eigenvalue weighted by Crippen LogP contribution is -2.12. The molecule has 0 aliphatic carbocycles. The molecule has 0 saturated carbocycles. The molecule has 0 bridgehead atoms. The first-order chi connectivity index (χ1) is 5.60. The van der Waals surface area contributed by atoms with Crippen molar-refractivity contribution in [1.82, 2.24) is 4.98 Å². The number of hydrogen-bond donors (Lipinski definition) is 0. The fourth-order valence-electron chi connectivity index (χ4n) is 0.808. The molecule has 1 rings (SSSR count). The van der Waals surface area contributed by atoms with Crippen LogP contribution in [0.3, 0.4) is 0 Å². The minimum absolute atomic E-state index is 0.432. The summed E-state index contributed by atoms with van der Waals surface area (Å²) in [6.07, 6.45) is 2.86. The third-order valence-corrected chi connectivity index (χ3v) is 3.18. The van der Waals surface area contributed by atoms with E-state index in [0.29, 0.717) is 0 Å². The van der Waals surface area contributed by atoms with Crippen LogP contribution in [0, 0.1) is 11.3 Å². The quantitative estimate of drug-likeness (QED) is 0.701. The topological polar surface area (TPSA) is 36.7 Å². The van der Waals surface area contributed by atoms with Crippen LogP contribution in [0.5, 0.6) is 0 Å². The first-order valence-corrected chi connectivity index (χ1v) is 4.78. The summed E-state index contributed by atoms with van der Waals surface area (Å²) in [5.41, 5.74) is -0.432. The Morgan fingerprint density at radius 2 is 2.33 bits per heavy atom. The van der Waals surface area contributed by atoms with Gasteiger partial charge in [0.2, 0.25) is 0 Å². The molecule has 0 radical (unpaired) electrons. The van der Waals surface area contributed by atoms with Gasteiger partial charge in [0.05, 0.1) is 6.07 Å². The van der Waals surface area contributed by atoms with E-state index in [4.69, 9.17) is 5.26 Å². The van der Waals surface area contributed by atoms with Crippen LogP contribution in [0.15, 0.2) is 6.20 Å². The summed E-state index contributed by atoms with van der Waals surface area (Å²) in [7, 11) is 0. The lowest BCUT2D eigenvalue weighted by Gasteiger charge is -2.09. The van der Waals surface area contributed by atoms with Gasteiger partial charge in [0.25, 0.3) is 0 Å². The highest BCUT2D eigenvalue weighted by Crippen LogP contribution is 2.26. The third kappa shape index (κ3) is 1.64. The monoisotopic (exact) mass is 180 g/mol. The minimum atomic E-state index is -0.432. The van der Waals surface area contributed by atoms with E-state index in [1.807, 2.05) is 20.0 Å². The van der Waals surface area contributed by atoms with Crippen molar-refractivity contribution < 1.29 is 0 Å². The second-order valence-corrected chi connectivity index (χ2v) is 4.34. The number of nitrogens with zero attached hydrogens (tertiary/aromatic N) is 2. The van der Waals surface area contributed by atoms with Crippen molar-refractivity contribution >= 4 is 11.3 Å². The predicted octanol–water partition coefficient (Wildman–Crippen LogP) is 2.51. The number of nitriles is 1. The summed E-state index contributed by atoms with van der Waals surface area (Å²) in [4.78, 5) is 5.47. The SMILES string of the molecule is CCc1cnc(C(C)(C)C#N)s1. The Morgan fingerprint density at radius 1 is 1.67 bits per heavy atom. The van der Waals surface area contributed by atoms with E-state index in [1.54, 1.807) is 11.3 Å². The Kier molecular flexibility index (Phi) is 2.49. The van der Waals surface area contributed by atoms with Gasteiger partial charge in [0.1, 0.15) is 10.4 Å². The molecule has 0 N–H and O–H groups in total. The highest BCUT2D eigenvalue weighted by Gasteiger charge is 2.23.